The fourth-order valence-electron chi connectivity index (χ4n) is 2.79. The molecule has 1 nitrogen and oxygen atoms in total. The summed E-state index contributed by atoms with van der Waals surface area (Å²) in [5.74, 6) is 1.67. The van der Waals surface area contributed by atoms with Crippen molar-refractivity contribution < 1.29 is 5.11 Å². The second-order valence-corrected chi connectivity index (χ2v) is 4.91. The number of hydrogen-bond acceptors (Lipinski definition) is 1. The highest BCUT2D eigenvalue weighted by Crippen LogP contribution is 2.41. The van der Waals surface area contributed by atoms with Gasteiger partial charge in [0.25, 0.3) is 0 Å². The molecule has 0 bridgehead atoms. The maximum atomic E-state index is 9.69. The number of aromatic hydroxyl groups is 1. The molecule has 0 fully saturated rings. The zero-order valence-electron chi connectivity index (χ0n) is 9.88. The molecule has 1 aliphatic rings. The molecule has 0 saturated carbocycles. The van der Waals surface area contributed by atoms with E-state index in [2.05, 4.69) is 20.8 Å². The Hall–Kier alpha value is -0.980. The van der Waals surface area contributed by atoms with E-state index in [1.54, 1.807) is 0 Å². The van der Waals surface area contributed by atoms with Gasteiger partial charge >= 0.3 is 0 Å². The fraction of sp³-hybridized carbons (Fsp3) is 0.571. The summed E-state index contributed by atoms with van der Waals surface area (Å²) in [4.78, 5) is 0. The van der Waals surface area contributed by atoms with Crippen LogP contribution in [-0.4, -0.2) is 5.11 Å². The van der Waals surface area contributed by atoms with Crippen LogP contribution in [0.15, 0.2) is 12.1 Å². The maximum absolute atomic E-state index is 9.69. The Kier molecular flexibility index (Phi) is 2.72. The second kappa shape index (κ2) is 3.88. The van der Waals surface area contributed by atoms with E-state index in [1.165, 1.54) is 29.5 Å². The van der Waals surface area contributed by atoms with Crippen LogP contribution in [0.4, 0.5) is 0 Å². The lowest BCUT2D eigenvalue weighted by molar-refractivity contribution is 0.473. The first-order valence-electron chi connectivity index (χ1n) is 5.99. The lowest BCUT2D eigenvalue weighted by atomic mass is 9.88. The molecule has 82 valence electrons. The summed E-state index contributed by atoms with van der Waals surface area (Å²) in [5, 5.41) is 9.69. The van der Waals surface area contributed by atoms with Crippen molar-refractivity contribution in [2.24, 2.45) is 0 Å². The number of aryl methyl sites for hydroxylation is 1. The Morgan fingerprint density at radius 3 is 2.73 bits per heavy atom. The minimum atomic E-state index is 0.439. The molecular weight excluding hydrogens is 184 g/mol. The third-order valence-corrected chi connectivity index (χ3v) is 3.57. The van der Waals surface area contributed by atoms with Gasteiger partial charge in [0, 0.05) is 0 Å². The highest BCUT2D eigenvalue weighted by Gasteiger charge is 2.25. The zero-order valence-corrected chi connectivity index (χ0v) is 9.88. The molecule has 1 aromatic rings. The van der Waals surface area contributed by atoms with Crippen LogP contribution in [0.5, 0.6) is 5.75 Å². The van der Waals surface area contributed by atoms with Crippen molar-refractivity contribution in [2.45, 2.75) is 51.9 Å². The Morgan fingerprint density at radius 1 is 1.40 bits per heavy atom. The number of benzene rings is 1. The summed E-state index contributed by atoms with van der Waals surface area (Å²) in [5.41, 5.74) is 4.27. The number of hydrogen-bond donors (Lipinski definition) is 1. The largest absolute Gasteiger partial charge is 0.508 e. The summed E-state index contributed by atoms with van der Waals surface area (Å²) >= 11 is 0. The SMILES string of the molecule is CCC1CCc2cc(O)cc(C(C)C)c21. The zero-order chi connectivity index (χ0) is 11.0. The van der Waals surface area contributed by atoms with Crippen molar-refractivity contribution >= 4 is 0 Å². The van der Waals surface area contributed by atoms with E-state index in [-0.39, 0.29) is 0 Å². The van der Waals surface area contributed by atoms with Crippen LogP contribution >= 0.6 is 0 Å². The van der Waals surface area contributed by atoms with Crippen molar-refractivity contribution in [2.75, 3.05) is 0 Å². The van der Waals surface area contributed by atoms with E-state index >= 15 is 0 Å². The van der Waals surface area contributed by atoms with Crippen molar-refractivity contribution in [1.82, 2.24) is 0 Å². The number of phenolic OH excluding ortho intramolecular Hbond substituents is 1. The van der Waals surface area contributed by atoms with Gasteiger partial charge in [-0.05, 0) is 59.9 Å². The Labute approximate surface area is 92.1 Å². The summed E-state index contributed by atoms with van der Waals surface area (Å²) in [6.07, 6.45) is 3.62. The highest BCUT2D eigenvalue weighted by atomic mass is 16.3. The summed E-state index contributed by atoms with van der Waals surface area (Å²) < 4.78 is 0. The predicted molar refractivity (Wildman–Crippen MR) is 63.5 cm³/mol. The fourth-order valence-corrected chi connectivity index (χ4v) is 2.79. The van der Waals surface area contributed by atoms with Crippen LogP contribution in [0, 0.1) is 0 Å². The van der Waals surface area contributed by atoms with Crippen molar-refractivity contribution in [3.05, 3.63) is 28.8 Å². The molecule has 0 amide bonds. The van der Waals surface area contributed by atoms with Crippen molar-refractivity contribution in [3.8, 4) is 5.75 Å². The van der Waals surface area contributed by atoms with Gasteiger partial charge in [0.15, 0.2) is 0 Å². The molecular formula is C14H20O. The first-order chi connectivity index (χ1) is 7.13. The summed E-state index contributed by atoms with van der Waals surface area (Å²) in [7, 11) is 0. The van der Waals surface area contributed by atoms with Gasteiger partial charge in [0.2, 0.25) is 0 Å². The Balaban J connectivity index is 2.55. The quantitative estimate of drug-likeness (QED) is 0.773. The molecule has 1 atom stereocenters. The molecule has 1 unspecified atom stereocenters. The highest BCUT2D eigenvalue weighted by molar-refractivity contribution is 5.47. The minimum Gasteiger partial charge on any atom is -0.508 e. The van der Waals surface area contributed by atoms with Gasteiger partial charge in [-0.1, -0.05) is 20.8 Å². The lowest BCUT2D eigenvalue weighted by Gasteiger charge is -2.17. The monoisotopic (exact) mass is 204 g/mol. The van der Waals surface area contributed by atoms with Gasteiger partial charge in [-0.2, -0.15) is 0 Å². The minimum absolute atomic E-state index is 0.439. The summed E-state index contributed by atoms with van der Waals surface area (Å²) in [6.45, 7) is 6.68. The first-order valence-corrected chi connectivity index (χ1v) is 5.99. The molecule has 1 N–H and O–H groups in total. The van der Waals surface area contributed by atoms with Crippen LogP contribution < -0.4 is 0 Å². The average Bonchev–Trinajstić information content (AvgIpc) is 2.58. The molecule has 1 aromatic carbocycles. The number of rotatable bonds is 2. The van der Waals surface area contributed by atoms with Crippen molar-refractivity contribution in [3.63, 3.8) is 0 Å². The van der Waals surface area contributed by atoms with E-state index in [9.17, 15) is 5.11 Å². The Morgan fingerprint density at radius 2 is 2.13 bits per heavy atom. The van der Waals surface area contributed by atoms with E-state index < -0.39 is 0 Å². The predicted octanol–water partition coefficient (Wildman–Crippen LogP) is 3.96. The number of fused-ring (bicyclic) bond motifs is 1. The smallest absolute Gasteiger partial charge is 0.116 e. The topological polar surface area (TPSA) is 20.2 Å². The molecule has 0 radical (unpaired) electrons. The normalized spacial score (nSPS) is 19.6. The van der Waals surface area contributed by atoms with Crippen LogP contribution in [0.25, 0.3) is 0 Å². The van der Waals surface area contributed by atoms with Gasteiger partial charge in [0.05, 0.1) is 0 Å². The van der Waals surface area contributed by atoms with Gasteiger partial charge in [-0.15, -0.1) is 0 Å². The Bertz CT molecular complexity index is 366. The molecule has 0 saturated heterocycles. The van der Waals surface area contributed by atoms with Crippen molar-refractivity contribution in [1.29, 1.82) is 0 Å². The second-order valence-electron chi connectivity index (χ2n) is 4.91. The van der Waals surface area contributed by atoms with Gasteiger partial charge in [0.1, 0.15) is 5.75 Å². The van der Waals surface area contributed by atoms with Crippen LogP contribution in [-0.2, 0) is 6.42 Å². The van der Waals surface area contributed by atoms with Crippen LogP contribution in [0.3, 0.4) is 0 Å². The standard InChI is InChI=1S/C14H20O/c1-4-10-5-6-11-7-12(15)8-13(9(2)3)14(10)11/h7-10,15H,4-6H2,1-3H3. The maximum Gasteiger partial charge on any atom is 0.116 e. The van der Waals surface area contributed by atoms with Crippen LogP contribution in [0.1, 0.15) is 62.1 Å². The molecule has 0 heterocycles. The van der Waals surface area contributed by atoms with Gasteiger partial charge < -0.3 is 5.11 Å². The third-order valence-electron chi connectivity index (χ3n) is 3.57. The number of phenols is 1. The van der Waals surface area contributed by atoms with Gasteiger partial charge in [-0.25, -0.2) is 0 Å². The van der Waals surface area contributed by atoms with Gasteiger partial charge in [-0.3, -0.25) is 0 Å². The molecule has 2 rings (SSSR count). The first kappa shape index (κ1) is 10.5. The summed E-state index contributed by atoms with van der Waals surface area (Å²) in [6, 6.07) is 3.91. The van der Waals surface area contributed by atoms with E-state index in [0.717, 1.165) is 12.3 Å². The average molecular weight is 204 g/mol. The van der Waals surface area contributed by atoms with E-state index in [1.807, 2.05) is 12.1 Å². The molecule has 0 aliphatic heterocycles. The third kappa shape index (κ3) is 1.75. The molecule has 0 spiro atoms. The van der Waals surface area contributed by atoms with E-state index in [4.69, 9.17) is 0 Å². The van der Waals surface area contributed by atoms with E-state index in [0.29, 0.717) is 11.7 Å². The molecule has 1 aliphatic carbocycles. The lowest BCUT2D eigenvalue weighted by Crippen LogP contribution is -2.00. The molecule has 0 aromatic heterocycles. The molecule has 1 heteroatoms. The molecule has 15 heavy (non-hydrogen) atoms. The van der Waals surface area contributed by atoms with Crippen LogP contribution in [0.2, 0.25) is 0 Å².